The predicted octanol–water partition coefficient (Wildman–Crippen LogP) is 2.05. The zero-order valence-corrected chi connectivity index (χ0v) is 17.1. The van der Waals surface area contributed by atoms with E-state index in [-0.39, 0.29) is 30.2 Å². The van der Waals surface area contributed by atoms with Crippen LogP contribution in [0.4, 0.5) is 5.69 Å². The molecule has 2 heterocycles. The lowest BCUT2D eigenvalue weighted by Gasteiger charge is -2.36. The first-order chi connectivity index (χ1) is 13.6. The summed E-state index contributed by atoms with van der Waals surface area (Å²) in [6, 6.07) is 5.65. The molecule has 0 aromatic heterocycles. The molecule has 0 radical (unpaired) electrons. The number of methoxy groups -OCH3 is 2. The molecule has 0 bridgehead atoms. The highest BCUT2D eigenvalue weighted by molar-refractivity contribution is 6.01. The number of anilines is 1. The van der Waals surface area contributed by atoms with Crippen LogP contribution < -0.4 is 19.7 Å². The summed E-state index contributed by atoms with van der Waals surface area (Å²) in [6.45, 7) is 5.12. The van der Waals surface area contributed by atoms with E-state index in [9.17, 15) is 9.59 Å². The van der Waals surface area contributed by atoms with E-state index in [1.54, 1.807) is 31.3 Å². The molecule has 0 aliphatic carbocycles. The Labute approximate surface area is 167 Å². The van der Waals surface area contributed by atoms with Crippen LogP contribution in [0.5, 0.6) is 11.5 Å². The van der Waals surface area contributed by atoms with Crippen molar-refractivity contribution in [3.05, 3.63) is 18.2 Å². The average molecular weight is 389 g/mol. The SMILES string of the molecule is CCCN(C(=O)C1CC(=O)N(c2ccc(OC)cc2OC)C1)C1CCNCC1. The molecule has 1 aromatic carbocycles. The first kappa shape index (κ1) is 20.5. The number of nitrogens with one attached hydrogen (secondary N) is 1. The van der Waals surface area contributed by atoms with Crippen molar-refractivity contribution >= 4 is 17.5 Å². The third-order valence-electron chi connectivity index (χ3n) is 5.65. The van der Waals surface area contributed by atoms with Gasteiger partial charge in [0.25, 0.3) is 0 Å². The van der Waals surface area contributed by atoms with Crippen molar-refractivity contribution in [1.29, 1.82) is 0 Å². The Morgan fingerprint density at radius 1 is 1.25 bits per heavy atom. The van der Waals surface area contributed by atoms with Crippen LogP contribution in [0.3, 0.4) is 0 Å². The van der Waals surface area contributed by atoms with Gasteiger partial charge in [0.15, 0.2) is 0 Å². The summed E-state index contributed by atoms with van der Waals surface area (Å²) in [4.78, 5) is 29.7. The summed E-state index contributed by atoms with van der Waals surface area (Å²) in [7, 11) is 3.16. The van der Waals surface area contributed by atoms with Gasteiger partial charge in [-0.1, -0.05) is 6.92 Å². The molecular formula is C21H31N3O4. The second kappa shape index (κ2) is 9.28. The van der Waals surface area contributed by atoms with Crippen LogP contribution in [0.15, 0.2) is 18.2 Å². The molecule has 2 amide bonds. The number of piperidine rings is 1. The van der Waals surface area contributed by atoms with E-state index in [1.807, 2.05) is 11.0 Å². The van der Waals surface area contributed by atoms with E-state index in [1.165, 1.54) is 0 Å². The second-order valence-corrected chi connectivity index (χ2v) is 7.46. The minimum atomic E-state index is -0.305. The Morgan fingerprint density at radius 3 is 2.64 bits per heavy atom. The van der Waals surface area contributed by atoms with Crippen molar-refractivity contribution in [2.75, 3.05) is 45.3 Å². The van der Waals surface area contributed by atoms with E-state index in [4.69, 9.17) is 9.47 Å². The topological polar surface area (TPSA) is 71.1 Å². The van der Waals surface area contributed by atoms with Crippen LogP contribution in [0, 0.1) is 5.92 Å². The number of hydrogen-bond acceptors (Lipinski definition) is 5. The molecule has 154 valence electrons. The molecule has 2 aliphatic heterocycles. The maximum absolute atomic E-state index is 13.3. The zero-order chi connectivity index (χ0) is 20.1. The highest BCUT2D eigenvalue weighted by atomic mass is 16.5. The lowest BCUT2D eigenvalue weighted by atomic mass is 10.0. The lowest BCUT2D eigenvalue weighted by Crippen LogP contribution is -2.48. The molecular weight excluding hydrogens is 358 g/mol. The van der Waals surface area contributed by atoms with Gasteiger partial charge in [-0.05, 0) is 44.5 Å². The van der Waals surface area contributed by atoms with Gasteiger partial charge in [-0.15, -0.1) is 0 Å². The number of nitrogens with zero attached hydrogens (tertiary/aromatic N) is 2. The van der Waals surface area contributed by atoms with Crippen molar-refractivity contribution < 1.29 is 19.1 Å². The van der Waals surface area contributed by atoms with Gasteiger partial charge in [0.05, 0.1) is 25.8 Å². The fraction of sp³-hybridized carbons (Fsp3) is 0.619. The van der Waals surface area contributed by atoms with E-state index >= 15 is 0 Å². The Balaban J connectivity index is 1.76. The summed E-state index contributed by atoms with van der Waals surface area (Å²) in [5.41, 5.74) is 0.688. The monoisotopic (exact) mass is 389 g/mol. The van der Waals surface area contributed by atoms with Gasteiger partial charge in [0.2, 0.25) is 11.8 Å². The lowest BCUT2D eigenvalue weighted by molar-refractivity contribution is -0.138. The number of carbonyl (C=O) groups excluding carboxylic acids is 2. The van der Waals surface area contributed by atoms with Gasteiger partial charge in [0, 0.05) is 31.6 Å². The molecule has 1 unspecified atom stereocenters. The van der Waals surface area contributed by atoms with Gasteiger partial charge in [-0.2, -0.15) is 0 Å². The van der Waals surface area contributed by atoms with Crippen LogP contribution in [0.2, 0.25) is 0 Å². The largest absolute Gasteiger partial charge is 0.497 e. The van der Waals surface area contributed by atoms with Crippen LogP contribution >= 0.6 is 0 Å². The minimum Gasteiger partial charge on any atom is -0.497 e. The molecule has 7 nitrogen and oxygen atoms in total. The molecule has 2 saturated heterocycles. The molecule has 7 heteroatoms. The smallest absolute Gasteiger partial charge is 0.228 e. The molecule has 1 atom stereocenters. The summed E-state index contributed by atoms with van der Waals surface area (Å²) in [5, 5.41) is 3.35. The molecule has 0 saturated carbocycles. The Kier molecular flexibility index (Phi) is 6.78. The standard InChI is InChI=1S/C21H31N3O4/c1-4-11-23(16-7-9-22-10-8-16)21(26)15-12-20(25)24(14-15)18-6-5-17(27-2)13-19(18)28-3/h5-6,13,15-16,22H,4,7-12,14H2,1-3H3. The van der Waals surface area contributed by atoms with E-state index in [0.717, 1.165) is 38.9 Å². The van der Waals surface area contributed by atoms with Gasteiger partial charge in [0.1, 0.15) is 11.5 Å². The van der Waals surface area contributed by atoms with Crippen LogP contribution in [0.1, 0.15) is 32.6 Å². The number of benzene rings is 1. The normalized spacial score (nSPS) is 20.3. The van der Waals surface area contributed by atoms with Crippen LogP contribution in [-0.2, 0) is 9.59 Å². The van der Waals surface area contributed by atoms with Crippen molar-refractivity contribution in [2.45, 2.75) is 38.6 Å². The van der Waals surface area contributed by atoms with Crippen molar-refractivity contribution in [3.63, 3.8) is 0 Å². The number of ether oxygens (including phenoxy) is 2. The van der Waals surface area contributed by atoms with E-state index < -0.39 is 0 Å². The first-order valence-corrected chi connectivity index (χ1v) is 10.1. The van der Waals surface area contributed by atoms with Crippen molar-refractivity contribution in [3.8, 4) is 11.5 Å². The van der Waals surface area contributed by atoms with Crippen molar-refractivity contribution in [1.82, 2.24) is 10.2 Å². The zero-order valence-electron chi connectivity index (χ0n) is 17.1. The fourth-order valence-corrected chi connectivity index (χ4v) is 4.18. The Morgan fingerprint density at radius 2 is 2.00 bits per heavy atom. The van der Waals surface area contributed by atoms with Gasteiger partial charge in [-0.25, -0.2) is 0 Å². The summed E-state index contributed by atoms with van der Waals surface area (Å²) in [5.74, 6) is 1.01. The maximum Gasteiger partial charge on any atom is 0.228 e. The molecule has 0 spiro atoms. The van der Waals surface area contributed by atoms with Crippen LogP contribution in [0.25, 0.3) is 0 Å². The predicted molar refractivity (Wildman–Crippen MR) is 108 cm³/mol. The summed E-state index contributed by atoms with van der Waals surface area (Å²) in [6.07, 6.45) is 3.12. The maximum atomic E-state index is 13.3. The number of rotatable bonds is 7. The van der Waals surface area contributed by atoms with Gasteiger partial charge in [-0.3, -0.25) is 9.59 Å². The van der Waals surface area contributed by atoms with Gasteiger partial charge < -0.3 is 24.6 Å². The number of amides is 2. The molecule has 1 N–H and O–H groups in total. The summed E-state index contributed by atoms with van der Waals surface area (Å²) < 4.78 is 10.7. The fourth-order valence-electron chi connectivity index (χ4n) is 4.18. The molecule has 2 aliphatic rings. The molecule has 28 heavy (non-hydrogen) atoms. The Hall–Kier alpha value is -2.28. The van der Waals surface area contributed by atoms with E-state index in [0.29, 0.717) is 23.7 Å². The molecule has 3 rings (SSSR count). The number of hydrogen-bond donors (Lipinski definition) is 1. The third kappa shape index (κ3) is 4.24. The molecule has 2 fully saturated rings. The number of carbonyl (C=O) groups is 2. The highest BCUT2D eigenvalue weighted by Gasteiger charge is 2.39. The summed E-state index contributed by atoms with van der Waals surface area (Å²) >= 11 is 0. The first-order valence-electron chi connectivity index (χ1n) is 10.1. The van der Waals surface area contributed by atoms with Crippen LogP contribution in [-0.4, -0.2) is 63.2 Å². The molecule has 1 aromatic rings. The third-order valence-corrected chi connectivity index (χ3v) is 5.65. The van der Waals surface area contributed by atoms with Gasteiger partial charge >= 0.3 is 0 Å². The Bertz CT molecular complexity index is 703. The average Bonchev–Trinajstić information content (AvgIpc) is 3.13. The van der Waals surface area contributed by atoms with Crippen molar-refractivity contribution in [2.24, 2.45) is 5.92 Å². The minimum absolute atomic E-state index is 0.0384. The quantitative estimate of drug-likeness (QED) is 0.773. The highest BCUT2D eigenvalue weighted by Crippen LogP contribution is 2.36. The van der Waals surface area contributed by atoms with E-state index in [2.05, 4.69) is 12.2 Å². The second-order valence-electron chi connectivity index (χ2n) is 7.46.